The Morgan fingerprint density at radius 3 is 2.34 bits per heavy atom. The Kier molecular flexibility index (Phi) is 8.76. The average Bonchev–Trinajstić information content (AvgIpc) is 3.17. The maximum atomic E-state index is 13.9. The van der Waals surface area contributed by atoms with Crippen LogP contribution in [-0.4, -0.2) is 63.1 Å². The van der Waals surface area contributed by atoms with E-state index in [0.717, 1.165) is 4.57 Å². The van der Waals surface area contributed by atoms with E-state index in [9.17, 15) is 35.9 Å². The first-order chi connectivity index (χ1) is 15.8. The van der Waals surface area contributed by atoms with Crippen LogP contribution in [0, 0.1) is 17.5 Å². The third-order valence-corrected chi connectivity index (χ3v) is 5.47. The number of rotatable bonds is 6. The predicted octanol–water partition coefficient (Wildman–Crippen LogP) is 2.46. The molecule has 2 N–H and O–H groups in total. The first-order valence-electron chi connectivity index (χ1n) is 10.2. The first kappa shape index (κ1) is 28.4. The lowest BCUT2D eigenvalue weighted by Gasteiger charge is -2.36. The van der Waals surface area contributed by atoms with Crippen LogP contribution < -0.4 is 5.73 Å². The lowest BCUT2D eigenvalue weighted by Crippen LogP contribution is -2.46. The number of benzene rings is 1. The van der Waals surface area contributed by atoms with E-state index in [2.05, 4.69) is 10.2 Å². The number of aromatic nitrogens is 3. The SMILES string of the molecule is CN(C)C(=O)C[C@@H]1c2nnc(C(F)(F)F)n2CCN1C(=O)C[C@H](N)Cc1cc(F)c(F)cc1F.Cl. The normalized spacial score (nSPS) is 16.4. The Labute approximate surface area is 202 Å². The zero-order valence-electron chi connectivity index (χ0n) is 18.7. The molecule has 1 aromatic heterocycles. The number of halogens is 7. The van der Waals surface area contributed by atoms with Crippen LogP contribution in [0.5, 0.6) is 0 Å². The molecule has 2 atom stereocenters. The van der Waals surface area contributed by atoms with Crippen molar-refractivity contribution in [3.05, 3.63) is 46.8 Å². The van der Waals surface area contributed by atoms with Gasteiger partial charge in [-0.3, -0.25) is 9.59 Å². The molecule has 0 fully saturated rings. The fourth-order valence-corrected chi connectivity index (χ4v) is 3.76. The van der Waals surface area contributed by atoms with Crippen LogP contribution in [0.25, 0.3) is 0 Å². The highest BCUT2D eigenvalue weighted by molar-refractivity contribution is 5.85. The highest BCUT2D eigenvalue weighted by atomic mass is 35.5. The van der Waals surface area contributed by atoms with Gasteiger partial charge in [0, 0.05) is 45.7 Å². The van der Waals surface area contributed by atoms with Gasteiger partial charge < -0.3 is 20.1 Å². The lowest BCUT2D eigenvalue weighted by atomic mass is 10.0. The second-order valence-corrected chi connectivity index (χ2v) is 8.15. The maximum absolute atomic E-state index is 13.9. The van der Waals surface area contributed by atoms with Gasteiger partial charge >= 0.3 is 6.18 Å². The second kappa shape index (κ2) is 10.8. The summed E-state index contributed by atoms with van der Waals surface area (Å²) in [6.07, 6.45) is -5.80. The van der Waals surface area contributed by atoms with Gasteiger partial charge in [-0.05, 0) is 18.1 Å². The van der Waals surface area contributed by atoms with Crippen LogP contribution in [0.15, 0.2) is 12.1 Å². The molecule has 0 radical (unpaired) electrons. The fourth-order valence-electron chi connectivity index (χ4n) is 3.76. The number of carbonyl (C=O) groups excluding carboxylic acids is 2. The van der Waals surface area contributed by atoms with Crippen molar-refractivity contribution in [2.75, 3.05) is 20.6 Å². The van der Waals surface area contributed by atoms with Crippen molar-refractivity contribution in [2.24, 2.45) is 5.73 Å². The molecule has 194 valence electrons. The van der Waals surface area contributed by atoms with E-state index >= 15 is 0 Å². The van der Waals surface area contributed by atoms with E-state index in [4.69, 9.17) is 5.73 Å². The third-order valence-electron chi connectivity index (χ3n) is 5.47. The molecule has 2 amide bonds. The minimum Gasteiger partial charge on any atom is -0.349 e. The van der Waals surface area contributed by atoms with Crippen molar-refractivity contribution < 1.29 is 35.9 Å². The molecule has 0 unspecified atom stereocenters. The van der Waals surface area contributed by atoms with Crippen LogP contribution in [-0.2, 0) is 28.7 Å². The van der Waals surface area contributed by atoms with Crippen molar-refractivity contribution in [1.82, 2.24) is 24.6 Å². The molecule has 1 aliphatic heterocycles. The van der Waals surface area contributed by atoms with Gasteiger partial charge in [-0.25, -0.2) is 13.2 Å². The van der Waals surface area contributed by atoms with Crippen LogP contribution in [0.1, 0.15) is 36.1 Å². The molecular weight excluding hydrogens is 506 g/mol. The Bertz CT molecular complexity index is 1090. The van der Waals surface area contributed by atoms with Crippen LogP contribution in [0.3, 0.4) is 0 Å². The van der Waals surface area contributed by atoms with Crippen molar-refractivity contribution in [3.63, 3.8) is 0 Å². The Balaban J connectivity index is 0.00000432. The van der Waals surface area contributed by atoms with Crippen LogP contribution in [0.4, 0.5) is 26.3 Å². The Morgan fingerprint density at radius 1 is 1.11 bits per heavy atom. The summed E-state index contributed by atoms with van der Waals surface area (Å²) in [6, 6.07) is -1.12. The van der Waals surface area contributed by atoms with Gasteiger partial charge in [0.25, 0.3) is 0 Å². The summed E-state index contributed by atoms with van der Waals surface area (Å²) >= 11 is 0. The summed E-state index contributed by atoms with van der Waals surface area (Å²) in [5.41, 5.74) is 5.70. The van der Waals surface area contributed by atoms with Crippen molar-refractivity contribution >= 4 is 24.2 Å². The molecule has 0 saturated heterocycles. The number of hydrogen-bond acceptors (Lipinski definition) is 5. The van der Waals surface area contributed by atoms with E-state index in [0.29, 0.717) is 12.1 Å². The highest BCUT2D eigenvalue weighted by Gasteiger charge is 2.43. The van der Waals surface area contributed by atoms with Gasteiger partial charge in [0.15, 0.2) is 17.5 Å². The lowest BCUT2D eigenvalue weighted by molar-refractivity contribution is -0.148. The van der Waals surface area contributed by atoms with E-state index in [1.165, 1.54) is 23.9 Å². The minimum atomic E-state index is -4.77. The van der Waals surface area contributed by atoms with Gasteiger partial charge in [-0.2, -0.15) is 13.2 Å². The molecule has 35 heavy (non-hydrogen) atoms. The highest BCUT2D eigenvalue weighted by Crippen LogP contribution is 2.34. The zero-order chi connectivity index (χ0) is 25.4. The quantitative estimate of drug-likeness (QED) is 0.459. The average molecular weight is 529 g/mol. The van der Waals surface area contributed by atoms with Gasteiger partial charge in [-0.1, -0.05) is 0 Å². The Hall–Kier alpha value is -2.87. The topological polar surface area (TPSA) is 97.4 Å². The van der Waals surface area contributed by atoms with E-state index in [1.807, 2.05) is 0 Å². The summed E-state index contributed by atoms with van der Waals surface area (Å²) in [5.74, 6) is -6.16. The smallest absolute Gasteiger partial charge is 0.349 e. The van der Waals surface area contributed by atoms with Crippen LogP contribution >= 0.6 is 12.4 Å². The molecule has 3 rings (SSSR count). The molecule has 0 saturated carbocycles. The standard InChI is InChI=1S/C20H22F6N6O2.ClH/c1-30(2)16(33)9-15-18-28-29-19(20(24,25)26)32(18)4-3-31(15)17(34)7-11(27)5-10-6-13(22)14(23)8-12(10)21;/h6,8,11,15H,3-5,7,9,27H2,1-2H3;1H/t11-,15-;/m1./s1. The molecule has 0 aliphatic carbocycles. The molecule has 2 heterocycles. The summed E-state index contributed by atoms with van der Waals surface area (Å²) in [6.45, 7) is -0.437. The summed E-state index contributed by atoms with van der Waals surface area (Å²) < 4.78 is 81.1. The number of fused-ring (bicyclic) bond motifs is 1. The number of amides is 2. The number of carbonyl (C=O) groups is 2. The number of alkyl halides is 3. The molecular formula is C20H23ClF6N6O2. The van der Waals surface area contributed by atoms with Gasteiger partial charge in [0.2, 0.25) is 17.6 Å². The maximum Gasteiger partial charge on any atom is 0.451 e. The van der Waals surface area contributed by atoms with Crippen molar-refractivity contribution in [1.29, 1.82) is 0 Å². The Morgan fingerprint density at radius 2 is 1.74 bits per heavy atom. The third kappa shape index (κ3) is 6.23. The number of nitrogens with zero attached hydrogens (tertiary/aromatic N) is 5. The van der Waals surface area contributed by atoms with E-state index in [1.54, 1.807) is 0 Å². The van der Waals surface area contributed by atoms with E-state index in [-0.39, 0.29) is 56.1 Å². The second-order valence-electron chi connectivity index (χ2n) is 8.15. The fraction of sp³-hybridized carbons (Fsp3) is 0.500. The zero-order valence-corrected chi connectivity index (χ0v) is 19.5. The molecule has 15 heteroatoms. The molecule has 1 aliphatic rings. The van der Waals surface area contributed by atoms with Gasteiger partial charge in [0.05, 0.1) is 6.42 Å². The molecule has 0 spiro atoms. The summed E-state index contributed by atoms with van der Waals surface area (Å²) in [7, 11) is 2.91. The molecule has 1 aromatic carbocycles. The number of hydrogen-bond donors (Lipinski definition) is 1. The monoisotopic (exact) mass is 528 g/mol. The summed E-state index contributed by atoms with van der Waals surface area (Å²) in [5, 5.41) is 6.80. The molecule has 2 aromatic rings. The van der Waals surface area contributed by atoms with Gasteiger partial charge in [-0.15, -0.1) is 22.6 Å². The molecule has 8 nitrogen and oxygen atoms in total. The predicted molar refractivity (Wildman–Crippen MR) is 113 cm³/mol. The van der Waals surface area contributed by atoms with Crippen LogP contribution in [0.2, 0.25) is 0 Å². The largest absolute Gasteiger partial charge is 0.451 e. The number of nitrogens with two attached hydrogens (primary N) is 1. The van der Waals surface area contributed by atoms with Gasteiger partial charge in [0.1, 0.15) is 11.9 Å². The minimum absolute atomic E-state index is 0. The molecule has 0 bridgehead atoms. The van der Waals surface area contributed by atoms with Crippen molar-refractivity contribution in [3.8, 4) is 0 Å². The summed E-state index contributed by atoms with van der Waals surface area (Å²) in [4.78, 5) is 27.7. The van der Waals surface area contributed by atoms with Crippen molar-refractivity contribution in [2.45, 2.75) is 44.1 Å². The first-order valence-corrected chi connectivity index (χ1v) is 10.2. The van der Waals surface area contributed by atoms with E-state index < -0.39 is 53.4 Å².